The SMILES string of the molecule is CC(C)(C)c1cc(OCCOCCOCCOCCOCCCS(=O)(=O)O)c(OCCOCCOCCOCCOCCCS(=O)(=O)O)c(C(C)(C)C)c1. The molecule has 318 valence electrons. The number of hydrogen-bond donors (Lipinski definition) is 2. The fourth-order valence-corrected chi connectivity index (χ4v) is 5.44. The van der Waals surface area contributed by atoms with E-state index in [0.717, 1.165) is 11.1 Å². The Bertz CT molecular complexity index is 1330. The first-order valence-corrected chi connectivity index (χ1v) is 21.6. The van der Waals surface area contributed by atoms with Gasteiger partial charge in [-0.3, -0.25) is 9.11 Å². The average Bonchev–Trinajstić information content (AvgIpc) is 3.06. The van der Waals surface area contributed by atoms with Gasteiger partial charge in [0.1, 0.15) is 13.2 Å². The van der Waals surface area contributed by atoms with E-state index in [0.29, 0.717) is 117 Å². The van der Waals surface area contributed by atoms with E-state index in [1.54, 1.807) is 0 Å². The van der Waals surface area contributed by atoms with E-state index in [-0.39, 0.29) is 48.4 Å². The number of rotatable bonds is 34. The Balaban J connectivity index is 2.35. The first-order chi connectivity index (χ1) is 25.4. The van der Waals surface area contributed by atoms with Gasteiger partial charge in [0, 0.05) is 18.8 Å². The maximum Gasteiger partial charge on any atom is 0.264 e. The minimum absolute atomic E-state index is 0.108. The predicted molar refractivity (Wildman–Crippen MR) is 203 cm³/mol. The third-order valence-electron chi connectivity index (χ3n) is 7.30. The molecular weight excluding hydrogens is 753 g/mol. The van der Waals surface area contributed by atoms with Crippen molar-refractivity contribution in [2.45, 2.75) is 65.2 Å². The molecule has 54 heavy (non-hydrogen) atoms. The van der Waals surface area contributed by atoms with Gasteiger partial charge in [0.25, 0.3) is 20.2 Å². The molecule has 1 aromatic carbocycles. The Morgan fingerprint density at radius 3 is 1.07 bits per heavy atom. The molecule has 0 radical (unpaired) electrons. The lowest BCUT2D eigenvalue weighted by Crippen LogP contribution is -2.20. The Morgan fingerprint density at radius 2 is 0.759 bits per heavy atom. The molecule has 0 unspecified atom stereocenters. The third kappa shape index (κ3) is 27.8. The van der Waals surface area contributed by atoms with Crippen molar-refractivity contribution in [3.63, 3.8) is 0 Å². The Labute approximate surface area is 323 Å². The molecular formula is C36H66O16S2. The maximum atomic E-state index is 10.7. The van der Waals surface area contributed by atoms with Gasteiger partial charge < -0.3 is 47.4 Å². The second-order valence-corrected chi connectivity index (χ2v) is 17.4. The summed E-state index contributed by atoms with van der Waals surface area (Å²) in [6.45, 7) is 19.3. The predicted octanol–water partition coefficient (Wildman–Crippen LogP) is 3.73. The van der Waals surface area contributed by atoms with Crippen LogP contribution in [0.3, 0.4) is 0 Å². The van der Waals surface area contributed by atoms with Crippen molar-refractivity contribution in [3.05, 3.63) is 23.3 Å². The fourth-order valence-electron chi connectivity index (χ4n) is 4.47. The summed E-state index contributed by atoms with van der Waals surface area (Å²) in [5.74, 6) is 0.691. The molecule has 0 aliphatic heterocycles. The first kappa shape index (κ1) is 50.3. The van der Waals surface area contributed by atoms with Gasteiger partial charge >= 0.3 is 0 Å². The minimum Gasteiger partial charge on any atom is -0.487 e. The molecule has 0 atom stereocenters. The summed E-state index contributed by atoms with van der Waals surface area (Å²) >= 11 is 0. The van der Waals surface area contributed by atoms with Crippen molar-refractivity contribution in [2.24, 2.45) is 0 Å². The number of benzene rings is 1. The lowest BCUT2D eigenvalue weighted by atomic mass is 9.80. The molecule has 0 amide bonds. The molecule has 0 bridgehead atoms. The van der Waals surface area contributed by atoms with E-state index in [2.05, 4.69) is 47.6 Å². The van der Waals surface area contributed by atoms with Crippen molar-refractivity contribution in [1.29, 1.82) is 0 Å². The molecule has 0 saturated heterocycles. The van der Waals surface area contributed by atoms with Crippen molar-refractivity contribution < 1.29 is 73.3 Å². The van der Waals surface area contributed by atoms with Crippen LogP contribution in [0.25, 0.3) is 0 Å². The van der Waals surface area contributed by atoms with Crippen LogP contribution < -0.4 is 9.47 Å². The van der Waals surface area contributed by atoms with E-state index in [1.807, 2.05) is 6.07 Å². The number of ether oxygens (including phenoxy) is 10. The maximum absolute atomic E-state index is 10.7. The van der Waals surface area contributed by atoms with Gasteiger partial charge in [-0.15, -0.1) is 0 Å². The van der Waals surface area contributed by atoms with Crippen molar-refractivity contribution in [3.8, 4) is 11.5 Å². The van der Waals surface area contributed by atoms with Crippen LogP contribution in [-0.4, -0.2) is 156 Å². The van der Waals surface area contributed by atoms with Gasteiger partial charge in [-0.1, -0.05) is 47.6 Å². The third-order valence-corrected chi connectivity index (χ3v) is 8.91. The smallest absolute Gasteiger partial charge is 0.264 e. The lowest BCUT2D eigenvalue weighted by molar-refractivity contribution is -0.00536. The normalized spacial score (nSPS) is 12.7. The first-order valence-electron chi connectivity index (χ1n) is 18.4. The van der Waals surface area contributed by atoms with E-state index >= 15 is 0 Å². The molecule has 2 N–H and O–H groups in total. The standard InChI is InChI=1S/C36H66O16S2/c1-35(2,3)31-29-32(36(4,5)6)34(52-26-24-50-22-20-48-18-16-46-14-12-44-10-8-28-54(40,41)42)33(30-31)51-25-23-49-21-19-47-17-15-45-13-11-43-9-7-27-53(37,38)39/h29-30H,7-28H2,1-6H3,(H,37,38,39)(H,40,41,42). The van der Waals surface area contributed by atoms with Gasteiger partial charge in [-0.25, -0.2) is 0 Å². The van der Waals surface area contributed by atoms with E-state index in [9.17, 15) is 16.8 Å². The van der Waals surface area contributed by atoms with Crippen LogP contribution in [0, 0.1) is 0 Å². The Morgan fingerprint density at radius 1 is 0.444 bits per heavy atom. The summed E-state index contributed by atoms with van der Waals surface area (Å²) in [5.41, 5.74) is 1.85. The van der Waals surface area contributed by atoms with Crippen LogP contribution in [0.2, 0.25) is 0 Å². The zero-order valence-electron chi connectivity index (χ0n) is 33.1. The monoisotopic (exact) mass is 818 g/mol. The summed E-state index contributed by atoms with van der Waals surface area (Å²) in [6.07, 6.45) is 0.456. The zero-order valence-corrected chi connectivity index (χ0v) is 34.8. The topological polar surface area (TPSA) is 201 Å². The highest BCUT2D eigenvalue weighted by Gasteiger charge is 2.27. The molecule has 0 saturated carbocycles. The van der Waals surface area contributed by atoms with Crippen molar-refractivity contribution in [1.82, 2.24) is 0 Å². The van der Waals surface area contributed by atoms with Crippen molar-refractivity contribution >= 4 is 20.2 Å². The second kappa shape index (κ2) is 27.8. The molecule has 16 nitrogen and oxygen atoms in total. The molecule has 0 spiro atoms. The van der Waals surface area contributed by atoms with Crippen LogP contribution in [-0.2, 0) is 69.0 Å². The van der Waals surface area contributed by atoms with E-state index < -0.39 is 20.2 Å². The molecule has 1 rings (SSSR count). The highest BCUT2D eigenvalue weighted by Crippen LogP contribution is 2.42. The van der Waals surface area contributed by atoms with Crippen LogP contribution >= 0.6 is 0 Å². The molecule has 1 aromatic rings. The Hall–Kier alpha value is -1.68. The van der Waals surface area contributed by atoms with Crippen LogP contribution in [0.4, 0.5) is 0 Å². The Kier molecular flexibility index (Phi) is 26.0. The zero-order chi connectivity index (χ0) is 40.4. The minimum atomic E-state index is -3.95. The van der Waals surface area contributed by atoms with Crippen molar-refractivity contribution in [2.75, 3.05) is 130 Å². The molecule has 0 aliphatic carbocycles. The molecule has 0 heterocycles. The quantitative estimate of drug-likeness (QED) is 0.0752. The fraction of sp³-hybridized carbons (Fsp3) is 0.833. The van der Waals surface area contributed by atoms with Crippen LogP contribution in [0.1, 0.15) is 65.5 Å². The largest absolute Gasteiger partial charge is 0.487 e. The average molecular weight is 819 g/mol. The summed E-state index contributed by atoms with van der Waals surface area (Å²) in [4.78, 5) is 0. The van der Waals surface area contributed by atoms with E-state index in [4.69, 9.17) is 56.5 Å². The second-order valence-electron chi connectivity index (χ2n) is 14.2. The van der Waals surface area contributed by atoms with Crippen LogP contribution in [0.15, 0.2) is 12.1 Å². The number of hydrogen-bond acceptors (Lipinski definition) is 14. The summed E-state index contributed by atoms with van der Waals surface area (Å²) < 4.78 is 116. The lowest BCUT2D eigenvalue weighted by Gasteiger charge is -2.29. The summed E-state index contributed by atoms with van der Waals surface area (Å²) in [5, 5.41) is 0. The van der Waals surface area contributed by atoms with E-state index in [1.165, 1.54) is 0 Å². The van der Waals surface area contributed by atoms with Gasteiger partial charge in [0.15, 0.2) is 11.5 Å². The molecule has 0 aromatic heterocycles. The highest BCUT2D eigenvalue weighted by atomic mass is 32.2. The summed E-state index contributed by atoms with van der Waals surface area (Å²) in [7, 11) is -7.91. The van der Waals surface area contributed by atoms with Crippen LogP contribution in [0.5, 0.6) is 11.5 Å². The summed E-state index contributed by atoms with van der Waals surface area (Å²) in [6, 6.07) is 4.22. The highest BCUT2D eigenvalue weighted by molar-refractivity contribution is 7.86. The van der Waals surface area contributed by atoms with Gasteiger partial charge in [0.05, 0.1) is 104 Å². The molecule has 0 fully saturated rings. The molecule has 0 aliphatic rings. The van der Waals surface area contributed by atoms with Gasteiger partial charge in [-0.05, 0) is 35.3 Å². The van der Waals surface area contributed by atoms with Gasteiger partial charge in [-0.2, -0.15) is 16.8 Å². The van der Waals surface area contributed by atoms with Gasteiger partial charge in [0.2, 0.25) is 0 Å². The molecule has 18 heteroatoms.